The topological polar surface area (TPSA) is 91.7 Å². The zero-order valence-corrected chi connectivity index (χ0v) is 6.51. The van der Waals surface area contributed by atoms with Crippen molar-refractivity contribution in [1.82, 2.24) is 0 Å². The number of hydrogen-bond donors (Lipinski definition) is 0. The maximum atomic E-state index is 8.33. The van der Waals surface area contributed by atoms with E-state index in [-0.39, 0.29) is 60.3 Å². The van der Waals surface area contributed by atoms with Crippen molar-refractivity contribution in [3.05, 3.63) is 0 Å². The van der Waals surface area contributed by atoms with Crippen LogP contribution in [0.5, 0.6) is 0 Å². The summed E-state index contributed by atoms with van der Waals surface area (Å²) in [7, 11) is 0. The van der Waals surface area contributed by atoms with Crippen LogP contribution < -0.4 is 10.2 Å². The van der Waals surface area contributed by atoms with Crippen molar-refractivity contribution in [3.63, 3.8) is 0 Å². The fraction of sp³-hybridized carbons (Fsp3) is 0. The van der Waals surface area contributed by atoms with Crippen LogP contribution in [0.15, 0.2) is 0 Å². The van der Waals surface area contributed by atoms with Gasteiger partial charge in [-0.1, -0.05) is 0 Å². The van der Waals surface area contributed by atoms with Crippen molar-refractivity contribution < 1.29 is 37.6 Å². The molecule has 4 nitrogen and oxygen atoms in total. The third-order valence-electron chi connectivity index (χ3n) is 0. The van der Waals surface area contributed by atoms with Gasteiger partial charge < -0.3 is 20.5 Å². The second kappa shape index (κ2) is 15.7. The van der Waals surface area contributed by atoms with E-state index >= 15 is 0 Å². The molecule has 6 heteroatoms. The van der Waals surface area contributed by atoms with Gasteiger partial charge in [0.25, 0.3) is 0 Å². The Morgan fingerprint density at radius 2 is 1.29 bits per heavy atom. The van der Waals surface area contributed by atoms with Crippen LogP contribution in [0, 0.1) is 0 Å². The predicted octanol–water partition coefficient (Wildman–Crippen LogP) is -2.95. The van der Waals surface area contributed by atoms with Crippen LogP contribution in [0.1, 0.15) is 0 Å². The molecule has 0 spiro atoms. The Morgan fingerprint density at radius 1 is 1.29 bits per heavy atom. The van der Waals surface area contributed by atoms with E-state index in [1.165, 1.54) is 0 Å². The maximum Gasteiger partial charge on any atom is 2.00 e. The molecule has 0 aliphatic rings. The van der Waals surface area contributed by atoms with Gasteiger partial charge >= 0.3 is 54.8 Å². The van der Waals surface area contributed by atoms with Crippen LogP contribution in [-0.2, 0) is 22.5 Å². The Labute approximate surface area is 80.7 Å². The first-order valence-electron chi connectivity index (χ1n) is 0.612. The normalized spacial score (nSPS) is 3.43. The van der Waals surface area contributed by atoms with Gasteiger partial charge in [0.05, 0.1) is 0 Å². The number of rotatable bonds is 0. The third kappa shape index (κ3) is 173. The van der Waals surface area contributed by atoms with E-state index < -0.39 is 6.16 Å². The minimum absolute atomic E-state index is 0. The molecule has 0 unspecified atom stereocenters. The second-order valence-corrected chi connectivity index (χ2v) is 0.250. The van der Waals surface area contributed by atoms with Crippen molar-refractivity contribution >= 4 is 43.9 Å². The van der Waals surface area contributed by atoms with Crippen LogP contribution in [0.2, 0.25) is 0 Å². The Morgan fingerprint density at radius 3 is 1.29 bits per heavy atom. The molecule has 0 aromatic rings. The quantitative estimate of drug-likeness (QED) is 0.365. The predicted molar refractivity (Wildman–Crippen MR) is 11.8 cm³/mol. The fourth-order valence-corrected chi connectivity index (χ4v) is 0. The van der Waals surface area contributed by atoms with Crippen LogP contribution in [0.4, 0.5) is 4.79 Å². The molecule has 0 saturated carbocycles. The molecule has 0 heterocycles. The van der Waals surface area contributed by atoms with Crippen LogP contribution in [0.3, 0.4) is 0 Å². The number of hydrogen-bond acceptors (Lipinski definition) is 3. The molecular formula is CCaFeO4. The van der Waals surface area contributed by atoms with Gasteiger partial charge in [0.1, 0.15) is 0 Å². The number of carbonyl (C=O) groups is 1. The summed E-state index contributed by atoms with van der Waals surface area (Å²) in [5.74, 6) is 0. The van der Waals surface area contributed by atoms with Crippen LogP contribution in [-0.4, -0.2) is 43.9 Å². The summed E-state index contributed by atoms with van der Waals surface area (Å²) in [5, 5.41) is 16.7. The Bertz CT molecular complexity index is 34.7. The molecule has 0 aromatic carbocycles. The third-order valence-corrected chi connectivity index (χ3v) is 0. The smallest absolute Gasteiger partial charge is 2.00 e. The van der Waals surface area contributed by atoms with Crippen LogP contribution >= 0.6 is 0 Å². The molecule has 0 aliphatic heterocycles. The molecule has 0 radical (unpaired) electrons. The van der Waals surface area contributed by atoms with E-state index in [1.807, 2.05) is 0 Å². The standard InChI is InChI=1S/CH2O3.Ca.Fe.O/c2-1(3)4;;;/h(H2,2,3,4);;;/q;2*+2;-2/p-2. The van der Waals surface area contributed by atoms with Crippen molar-refractivity contribution in [2.45, 2.75) is 0 Å². The van der Waals surface area contributed by atoms with Crippen molar-refractivity contribution in [2.24, 2.45) is 0 Å². The summed E-state index contributed by atoms with van der Waals surface area (Å²) in [4.78, 5) is 8.33. The molecule has 0 rings (SSSR count). The monoisotopic (exact) mass is 172 g/mol. The molecule has 0 bridgehead atoms. The van der Waals surface area contributed by atoms with E-state index in [4.69, 9.17) is 15.0 Å². The summed E-state index contributed by atoms with van der Waals surface area (Å²) >= 11 is 0. The SMILES string of the molecule is O=C([O-])[O-].[Ca+2].[Fe+2].[O-2]. The molecule has 0 aliphatic carbocycles. The first kappa shape index (κ1) is 24.5. The van der Waals surface area contributed by atoms with E-state index in [2.05, 4.69) is 0 Å². The number of carbonyl (C=O) groups excluding carboxylic acids is 1. The zero-order valence-electron chi connectivity index (χ0n) is 3.19. The molecule has 0 amide bonds. The molecule has 7 heavy (non-hydrogen) atoms. The van der Waals surface area contributed by atoms with Crippen LogP contribution in [0.25, 0.3) is 0 Å². The van der Waals surface area contributed by atoms with Gasteiger partial charge in [0, 0.05) is 0 Å². The Kier molecular flexibility index (Phi) is 55.1. The molecule has 0 N–H and O–H groups in total. The van der Waals surface area contributed by atoms with Gasteiger partial charge in [-0.05, 0) is 6.16 Å². The summed E-state index contributed by atoms with van der Waals surface area (Å²) in [6, 6.07) is 0. The van der Waals surface area contributed by atoms with E-state index in [0.717, 1.165) is 0 Å². The van der Waals surface area contributed by atoms with E-state index in [0.29, 0.717) is 0 Å². The Balaban J connectivity index is -0.0000000150. The van der Waals surface area contributed by atoms with Gasteiger partial charge in [0.15, 0.2) is 0 Å². The molecule has 0 atom stereocenters. The van der Waals surface area contributed by atoms with Crippen molar-refractivity contribution in [2.75, 3.05) is 0 Å². The minimum atomic E-state index is -2.33. The maximum absolute atomic E-state index is 8.33. The molecule has 0 fully saturated rings. The summed E-state index contributed by atoms with van der Waals surface area (Å²) in [6.45, 7) is 0. The molecular weight excluding hydrogens is 172 g/mol. The summed E-state index contributed by atoms with van der Waals surface area (Å²) in [5.41, 5.74) is 0. The van der Waals surface area contributed by atoms with Gasteiger partial charge in [-0.2, -0.15) is 0 Å². The molecule has 0 aromatic heterocycles. The molecule has 0 saturated heterocycles. The first-order valence-corrected chi connectivity index (χ1v) is 0.612. The van der Waals surface area contributed by atoms with Crippen molar-refractivity contribution in [1.29, 1.82) is 0 Å². The largest absolute Gasteiger partial charge is 2.00 e. The molecule has 38 valence electrons. The average molecular weight is 172 g/mol. The average Bonchev–Trinajstić information content (AvgIpc) is 0.811. The van der Waals surface area contributed by atoms with E-state index in [1.54, 1.807) is 0 Å². The summed E-state index contributed by atoms with van der Waals surface area (Å²) in [6.07, 6.45) is -2.33. The Hall–Kier alpha value is 1.01. The van der Waals surface area contributed by atoms with E-state index in [9.17, 15) is 0 Å². The van der Waals surface area contributed by atoms with Gasteiger partial charge in [-0.3, -0.25) is 0 Å². The second-order valence-electron chi connectivity index (χ2n) is 0.250. The number of carboxylic acid groups (broad SMARTS) is 2. The summed E-state index contributed by atoms with van der Waals surface area (Å²) < 4.78 is 0. The van der Waals surface area contributed by atoms with Gasteiger partial charge in [-0.15, -0.1) is 0 Å². The van der Waals surface area contributed by atoms with Gasteiger partial charge in [0.2, 0.25) is 0 Å². The van der Waals surface area contributed by atoms with Gasteiger partial charge in [-0.25, -0.2) is 0 Å². The fourth-order valence-electron chi connectivity index (χ4n) is 0. The zero-order chi connectivity index (χ0) is 3.58. The first-order chi connectivity index (χ1) is 1.73. The minimum Gasteiger partial charge on any atom is -2.00 e. The van der Waals surface area contributed by atoms with Crippen molar-refractivity contribution in [3.8, 4) is 0 Å².